The van der Waals surface area contributed by atoms with E-state index in [2.05, 4.69) is 6.58 Å². The summed E-state index contributed by atoms with van der Waals surface area (Å²) < 4.78 is 0. The SMILES string of the molecule is C=CCc1cc(O)ccc1O. The second-order valence-corrected chi connectivity index (χ2v) is 2.31. The topological polar surface area (TPSA) is 40.5 Å². The third-order valence-corrected chi connectivity index (χ3v) is 1.43. The van der Waals surface area contributed by atoms with E-state index in [1.54, 1.807) is 6.08 Å². The van der Waals surface area contributed by atoms with E-state index >= 15 is 0 Å². The van der Waals surface area contributed by atoms with E-state index in [0.29, 0.717) is 12.0 Å². The van der Waals surface area contributed by atoms with Crippen LogP contribution in [0.1, 0.15) is 5.56 Å². The lowest BCUT2D eigenvalue weighted by molar-refractivity contribution is 0.455. The number of phenolic OH excluding ortho intramolecular Hbond substituents is 2. The van der Waals surface area contributed by atoms with Crippen LogP contribution in [0.15, 0.2) is 30.9 Å². The fourth-order valence-electron chi connectivity index (χ4n) is 0.891. The van der Waals surface area contributed by atoms with Gasteiger partial charge in [-0.2, -0.15) is 0 Å². The molecule has 0 aromatic heterocycles. The molecule has 2 nitrogen and oxygen atoms in total. The third-order valence-electron chi connectivity index (χ3n) is 1.43. The Balaban J connectivity index is 3.01. The smallest absolute Gasteiger partial charge is 0.119 e. The van der Waals surface area contributed by atoms with Gasteiger partial charge in [0, 0.05) is 5.56 Å². The highest BCUT2D eigenvalue weighted by Crippen LogP contribution is 2.22. The van der Waals surface area contributed by atoms with E-state index < -0.39 is 0 Å². The molecule has 1 aromatic carbocycles. The average molecular weight is 150 g/mol. The van der Waals surface area contributed by atoms with Crippen LogP contribution in [0.25, 0.3) is 0 Å². The summed E-state index contributed by atoms with van der Waals surface area (Å²) >= 11 is 0. The predicted molar refractivity (Wildman–Crippen MR) is 43.7 cm³/mol. The van der Waals surface area contributed by atoms with Crippen molar-refractivity contribution in [2.24, 2.45) is 0 Å². The molecule has 0 spiro atoms. The van der Waals surface area contributed by atoms with E-state index in [4.69, 9.17) is 5.11 Å². The molecule has 0 saturated heterocycles. The number of allylic oxidation sites excluding steroid dienone is 1. The highest BCUT2D eigenvalue weighted by molar-refractivity contribution is 5.39. The Morgan fingerprint density at radius 2 is 2.09 bits per heavy atom. The molecular weight excluding hydrogens is 140 g/mol. The largest absolute Gasteiger partial charge is 0.508 e. The van der Waals surface area contributed by atoms with Crippen LogP contribution < -0.4 is 0 Å². The maximum Gasteiger partial charge on any atom is 0.119 e. The molecule has 0 heterocycles. The van der Waals surface area contributed by atoms with Crippen LogP contribution in [0.5, 0.6) is 11.5 Å². The van der Waals surface area contributed by atoms with E-state index in [1.165, 1.54) is 18.2 Å². The third kappa shape index (κ3) is 1.74. The molecule has 0 aliphatic heterocycles. The zero-order chi connectivity index (χ0) is 8.27. The first-order valence-corrected chi connectivity index (χ1v) is 3.36. The maximum atomic E-state index is 9.21. The number of hydrogen-bond donors (Lipinski definition) is 2. The van der Waals surface area contributed by atoms with Crippen LogP contribution in [0.3, 0.4) is 0 Å². The summed E-state index contributed by atoms with van der Waals surface area (Å²) in [6.45, 7) is 3.53. The average Bonchev–Trinajstić information content (AvgIpc) is 1.98. The Labute approximate surface area is 65.4 Å². The zero-order valence-electron chi connectivity index (χ0n) is 6.12. The van der Waals surface area contributed by atoms with Crippen molar-refractivity contribution in [1.82, 2.24) is 0 Å². The summed E-state index contributed by atoms with van der Waals surface area (Å²) in [4.78, 5) is 0. The van der Waals surface area contributed by atoms with Gasteiger partial charge in [0.05, 0.1) is 0 Å². The molecule has 0 unspecified atom stereocenters. The van der Waals surface area contributed by atoms with Gasteiger partial charge in [-0.25, -0.2) is 0 Å². The van der Waals surface area contributed by atoms with Crippen molar-refractivity contribution < 1.29 is 10.2 Å². The van der Waals surface area contributed by atoms with Crippen molar-refractivity contribution in [3.63, 3.8) is 0 Å². The molecule has 2 N–H and O–H groups in total. The lowest BCUT2D eigenvalue weighted by Gasteiger charge is -2.00. The van der Waals surface area contributed by atoms with Gasteiger partial charge in [-0.15, -0.1) is 6.58 Å². The number of hydrogen-bond acceptors (Lipinski definition) is 2. The van der Waals surface area contributed by atoms with Gasteiger partial charge in [0.2, 0.25) is 0 Å². The molecular formula is C9H10O2. The van der Waals surface area contributed by atoms with E-state index in [9.17, 15) is 5.11 Å². The summed E-state index contributed by atoms with van der Waals surface area (Å²) in [7, 11) is 0. The van der Waals surface area contributed by atoms with Gasteiger partial charge in [-0.3, -0.25) is 0 Å². The fraction of sp³-hybridized carbons (Fsp3) is 0.111. The molecule has 11 heavy (non-hydrogen) atoms. The summed E-state index contributed by atoms with van der Waals surface area (Å²) in [5.74, 6) is 0.363. The summed E-state index contributed by atoms with van der Waals surface area (Å²) in [6.07, 6.45) is 2.24. The van der Waals surface area contributed by atoms with E-state index in [1.807, 2.05) is 0 Å². The summed E-state index contributed by atoms with van der Waals surface area (Å²) in [5.41, 5.74) is 0.694. The number of rotatable bonds is 2. The molecule has 1 rings (SSSR count). The van der Waals surface area contributed by atoms with Crippen molar-refractivity contribution in [2.75, 3.05) is 0 Å². The minimum Gasteiger partial charge on any atom is -0.508 e. The van der Waals surface area contributed by atoms with Gasteiger partial charge in [-0.05, 0) is 24.6 Å². The molecule has 0 bridgehead atoms. The first-order valence-electron chi connectivity index (χ1n) is 3.36. The summed E-state index contributed by atoms with van der Waals surface area (Å²) in [6, 6.07) is 4.44. The summed E-state index contributed by atoms with van der Waals surface area (Å²) in [5, 5.41) is 18.2. The van der Waals surface area contributed by atoms with Crippen LogP contribution in [0.4, 0.5) is 0 Å². The molecule has 0 aliphatic rings. The second-order valence-electron chi connectivity index (χ2n) is 2.31. The molecule has 0 fully saturated rings. The minimum absolute atomic E-state index is 0.166. The van der Waals surface area contributed by atoms with Crippen LogP contribution in [-0.2, 0) is 6.42 Å². The Morgan fingerprint density at radius 3 is 2.73 bits per heavy atom. The monoisotopic (exact) mass is 150 g/mol. The van der Waals surface area contributed by atoms with Crippen LogP contribution >= 0.6 is 0 Å². The number of aromatic hydroxyl groups is 2. The Kier molecular flexibility index (Phi) is 2.16. The van der Waals surface area contributed by atoms with Gasteiger partial charge < -0.3 is 10.2 Å². The molecule has 0 radical (unpaired) electrons. The van der Waals surface area contributed by atoms with Gasteiger partial charge in [0.1, 0.15) is 11.5 Å². The van der Waals surface area contributed by atoms with Gasteiger partial charge >= 0.3 is 0 Å². The van der Waals surface area contributed by atoms with Crippen LogP contribution in [0, 0.1) is 0 Å². The quantitative estimate of drug-likeness (QED) is 0.498. The fourth-order valence-corrected chi connectivity index (χ4v) is 0.891. The molecule has 1 aromatic rings. The van der Waals surface area contributed by atoms with Crippen molar-refractivity contribution in [3.05, 3.63) is 36.4 Å². The predicted octanol–water partition coefficient (Wildman–Crippen LogP) is 1.83. The molecule has 2 heteroatoms. The van der Waals surface area contributed by atoms with E-state index in [-0.39, 0.29) is 11.5 Å². The van der Waals surface area contributed by atoms with Crippen molar-refractivity contribution in [1.29, 1.82) is 0 Å². The lowest BCUT2D eigenvalue weighted by atomic mass is 10.1. The van der Waals surface area contributed by atoms with Gasteiger partial charge in [-0.1, -0.05) is 6.08 Å². The number of benzene rings is 1. The second kappa shape index (κ2) is 3.10. The number of phenols is 2. The first-order chi connectivity index (χ1) is 5.24. The van der Waals surface area contributed by atoms with Gasteiger partial charge in [0.15, 0.2) is 0 Å². The molecule has 0 saturated carbocycles. The minimum atomic E-state index is 0.166. The van der Waals surface area contributed by atoms with Crippen molar-refractivity contribution in [2.45, 2.75) is 6.42 Å². The van der Waals surface area contributed by atoms with E-state index in [0.717, 1.165) is 0 Å². The van der Waals surface area contributed by atoms with Crippen LogP contribution in [0.2, 0.25) is 0 Å². The van der Waals surface area contributed by atoms with Crippen LogP contribution in [-0.4, -0.2) is 10.2 Å². The Morgan fingerprint density at radius 1 is 1.36 bits per heavy atom. The molecule has 0 aliphatic carbocycles. The van der Waals surface area contributed by atoms with Crippen molar-refractivity contribution in [3.8, 4) is 11.5 Å². The zero-order valence-corrected chi connectivity index (χ0v) is 6.12. The molecule has 0 amide bonds. The standard InChI is InChI=1S/C9H10O2/c1-2-3-7-6-8(10)4-5-9(7)11/h2,4-6,10-11H,1,3H2. The Bertz CT molecular complexity index is 266. The first kappa shape index (κ1) is 7.66. The van der Waals surface area contributed by atoms with Crippen molar-refractivity contribution >= 4 is 0 Å². The maximum absolute atomic E-state index is 9.21. The lowest BCUT2D eigenvalue weighted by Crippen LogP contribution is -1.80. The Hall–Kier alpha value is -1.44. The highest BCUT2D eigenvalue weighted by atomic mass is 16.3. The highest BCUT2D eigenvalue weighted by Gasteiger charge is 1.98. The molecule has 58 valence electrons. The van der Waals surface area contributed by atoms with Gasteiger partial charge in [0.25, 0.3) is 0 Å². The normalized spacial score (nSPS) is 9.45. The molecule has 0 atom stereocenters.